The lowest BCUT2D eigenvalue weighted by atomic mass is 10.1. The Morgan fingerprint density at radius 2 is 2.11 bits per heavy atom. The van der Waals surface area contributed by atoms with Crippen molar-refractivity contribution in [3.05, 3.63) is 57.3 Å². The maximum Gasteiger partial charge on any atom is 0.254 e. The molecular formula is C14H16N2O2. The maximum atomic E-state index is 11.7. The number of ether oxygens (including phenoxy) is 1. The molecule has 0 amide bonds. The minimum Gasteiger partial charge on any atom is -0.497 e. The van der Waals surface area contributed by atoms with Crippen molar-refractivity contribution in [3.63, 3.8) is 0 Å². The molecule has 4 nitrogen and oxygen atoms in total. The molecule has 0 aliphatic rings. The van der Waals surface area contributed by atoms with Gasteiger partial charge in [0.1, 0.15) is 11.6 Å². The number of nitrogens with one attached hydrogen (secondary N) is 1. The molecule has 1 heterocycles. The number of methoxy groups -OCH3 is 1. The van der Waals surface area contributed by atoms with Crippen molar-refractivity contribution in [2.45, 2.75) is 20.3 Å². The molecule has 0 saturated heterocycles. The number of aromatic nitrogens is 2. The summed E-state index contributed by atoms with van der Waals surface area (Å²) in [5.74, 6) is 1.48. The van der Waals surface area contributed by atoms with Gasteiger partial charge < -0.3 is 9.72 Å². The Labute approximate surface area is 106 Å². The molecular weight excluding hydrogens is 228 g/mol. The lowest BCUT2D eigenvalue weighted by molar-refractivity contribution is 0.414. The Morgan fingerprint density at radius 1 is 1.33 bits per heavy atom. The van der Waals surface area contributed by atoms with E-state index in [9.17, 15) is 4.79 Å². The first kappa shape index (κ1) is 12.4. The molecule has 0 atom stereocenters. The molecule has 0 aliphatic carbocycles. The van der Waals surface area contributed by atoms with Crippen LogP contribution in [0.1, 0.15) is 22.6 Å². The molecule has 2 rings (SSSR count). The van der Waals surface area contributed by atoms with Crippen LogP contribution in [-0.4, -0.2) is 17.1 Å². The monoisotopic (exact) mass is 244 g/mol. The zero-order chi connectivity index (χ0) is 13.1. The van der Waals surface area contributed by atoms with Gasteiger partial charge in [-0.25, -0.2) is 4.98 Å². The SMILES string of the molecule is COc1cccc(Cc2nc(C)c(C)c(=O)[nH]2)c1. The van der Waals surface area contributed by atoms with Gasteiger partial charge in [0.25, 0.3) is 5.56 Å². The number of aromatic amines is 1. The standard InChI is InChI=1S/C14H16N2O2/c1-9-10(2)15-13(16-14(9)17)8-11-5-4-6-12(7-11)18-3/h4-7H,8H2,1-3H3,(H,15,16,17). The molecule has 18 heavy (non-hydrogen) atoms. The summed E-state index contributed by atoms with van der Waals surface area (Å²) in [4.78, 5) is 18.8. The van der Waals surface area contributed by atoms with Crippen molar-refractivity contribution < 1.29 is 4.74 Å². The van der Waals surface area contributed by atoms with Gasteiger partial charge in [0.15, 0.2) is 0 Å². The van der Waals surface area contributed by atoms with E-state index in [2.05, 4.69) is 9.97 Å². The minimum atomic E-state index is -0.0691. The van der Waals surface area contributed by atoms with E-state index in [1.165, 1.54) is 0 Å². The molecule has 0 spiro atoms. The normalized spacial score (nSPS) is 10.4. The number of hydrogen-bond donors (Lipinski definition) is 1. The van der Waals surface area contributed by atoms with E-state index in [0.717, 1.165) is 17.0 Å². The molecule has 4 heteroatoms. The third-order valence-corrected chi connectivity index (χ3v) is 2.95. The number of benzene rings is 1. The highest BCUT2D eigenvalue weighted by atomic mass is 16.5. The average Bonchev–Trinajstić information content (AvgIpc) is 2.36. The summed E-state index contributed by atoms with van der Waals surface area (Å²) in [6.07, 6.45) is 0.591. The van der Waals surface area contributed by atoms with Crippen LogP contribution < -0.4 is 10.3 Å². The fourth-order valence-electron chi connectivity index (χ4n) is 1.76. The summed E-state index contributed by atoms with van der Waals surface area (Å²) < 4.78 is 5.17. The van der Waals surface area contributed by atoms with Crippen LogP contribution in [0.2, 0.25) is 0 Å². The van der Waals surface area contributed by atoms with Gasteiger partial charge in [-0.3, -0.25) is 4.79 Å². The van der Waals surface area contributed by atoms with Crippen molar-refractivity contribution >= 4 is 0 Å². The molecule has 0 aliphatic heterocycles. The van der Waals surface area contributed by atoms with Gasteiger partial charge in [0.2, 0.25) is 0 Å². The number of aryl methyl sites for hydroxylation is 1. The first-order valence-electron chi connectivity index (χ1n) is 5.79. The molecule has 0 radical (unpaired) electrons. The van der Waals surface area contributed by atoms with E-state index in [1.807, 2.05) is 31.2 Å². The smallest absolute Gasteiger partial charge is 0.254 e. The second-order valence-corrected chi connectivity index (χ2v) is 4.25. The summed E-state index contributed by atoms with van der Waals surface area (Å²) in [6, 6.07) is 7.74. The molecule has 2 aromatic rings. The predicted molar refractivity (Wildman–Crippen MR) is 70.1 cm³/mol. The van der Waals surface area contributed by atoms with Crippen LogP contribution >= 0.6 is 0 Å². The van der Waals surface area contributed by atoms with Crippen LogP contribution in [0.5, 0.6) is 5.75 Å². The van der Waals surface area contributed by atoms with Gasteiger partial charge in [0, 0.05) is 17.7 Å². The minimum absolute atomic E-state index is 0.0691. The Morgan fingerprint density at radius 3 is 2.78 bits per heavy atom. The largest absolute Gasteiger partial charge is 0.497 e. The van der Waals surface area contributed by atoms with Crippen LogP contribution in [0.3, 0.4) is 0 Å². The topological polar surface area (TPSA) is 55.0 Å². The maximum absolute atomic E-state index is 11.7. The number of hydrogen-bond acceptors (Lipinski definition) is 3. The summed E-state index contributed by atoms with van der Waals surface area (Å²) in [6.45, 7) is 3.62. The van der Waals surface area contributed by atoms with E-state index < -0.39 is 0 Å². The number of nitrogens with zero attached hydrogens (tertiary/aromatic N) is 1. The van der Waals surface area contributed by atoms with E-state index in [1.54, 1.807) is 14.0 Å². The third-order valence-electron chi connectivity index (χ3n) is 2.95. The Bertz CT molecular complexity index is 617. The average molecular weight is 244 g/mol. The van der Waals surface area contributed by atoms with E-state index in [0.29, 0.717) is 17.8 Å². The fourth-order valence-corrected chi connectivity index (χ4v) is 1.76. The number of H-pyrrole nitrogens is 1. The second kappa shape index (κ2) is 5.04. The van der Waals surface area contributed by atoms with Crippen LogP contribution in [0.25, 0.3) is 0 Å². The summed E-state index contributed by atoms with van der Waals surface area (Å²) in [5, 5.41) is 0. The first-order valence-corrected chi connectivity index (χ1v) is 5.79. The lowest BCUT2D eigenvalue weighted by Gasteiger charge is -2.06. The van der Waals surface area contributed by atoms with Crippen molar-refractivity contribution in [1.29, 1.82) is 0 Å². The molecule has 1 N–H and O–H groups in total. The highest BCUT2D eigenvalue weighted by Gasteiger charge is 2.05. The fraction of sp³-hybridized carbons (Fsp3) is 0.286. The zero-order valence-electron chi connectivity index (χ0n) is 10.8. The van der Waals surface area contributed by atoms with Crippen LogP contribution in [0.4, 0.5) is 0 Å². The Balaban J connectivity index is 2.31. The predicted octanol–water partition coefficient (Wildman–Crippen LogP) is 1.99. The van der Waals surface area contributed by atoms with Crippen LogP contribution in [-0.2, 0) is 6.42 Å². The summed E-state index contributed by atoms with van der Waals surface area (Å²) >= 11 is 0. The van der Waals surface area contributed by atoms with Gasteiger partial charge in [0.05, 0.1) is 7.11 Å². The highest BCUT2D eigenvalue weighted by molar-refractivity contribution is 5.30. The Kier molecular flexibility index (Phi) is 3.46. The van der Waals surface area contributed by atoms with E-state index >= 15 is 0 Å². The van der Waals surface area contributed by atoms with Gasteiger partial charge in [-0.05, 0) is 31.5 Å². The summed E-state index contributed by atoms with van der Waals surface area (Å²) in [5.41, 5.74) is 2.43. The quantitative estimate of drug-likeness (QED) is 0.898. The molecule has 1 aromatic heterocycles. The van der Waals surface area contributed by atoms with Gasteiger partial charge in [-0.2, -0.15) is 0 Å². The van der Waals surface area contributed by atoms with E-state index in [4.69, 9.17) is 4.74 Å². The molecule has 0 unspecified atom stereocenters. The zero-order valence-corrected chi connectivity index (χ0v) is 10.8. The van der Waals surface area contributed by atoms with Gasteiger partial charge in [-0.1, -0.05) is 12.1 Å². The second-order valence-electron chi connectivity index (χ2n) is 4.25. The van der Waals surface area contributed by atoms with Crippen molar-refractivity contribution in [1.82, 2.24) is 9.97 Å². The van der Waals surface area contributed by atoms with Gasteiger partial charge in [-0.15, -0.1) is 0 Å². The van der Waals surface area contributed by atoms with Gasteiger partial charge >= 0.3 is 0 Å². The van der Waals surface area contributed by atoms with Crippen LogP contribution in [0, 0.1) is 13.8 Å². The summed E-state index contributed by atoms with van der Waals surface area (Å²) in [7, 11) is 1.63. The van der Waals surface area contributed by atoms with Crippen LogP contribution in [0.15, 0.2) is 29.1 Å². The number of rotatable bonds is 3. The first-order chi connectivity index (χ1) is 8.60. The molecule has 0 bridgehead atoms. The lowest BCUT2D eigenvalue weighted by Crippen LogP contribution is -2.16. The molecule has 94 valence electrons. The van der Waals surface area contributed by atoms with Crippen molar-refractivity contribution in [3.8, 4) is 5.75 Å². The molecule has 0 fully saturated rings. The van der Waals surface area contributed by atoms with Crippen molar-refractivity contribution in [2.75, 3.05) is 7.11 Å². The molecule has 0 saturated carbocycles. The molecule has 1 aromatic carbocycles. The third kappa shape index (κ3) is 2.59. The van der Waals surface area contributed by atoms with Crippen molar-refractivity contribution in [2.24, 2.45) is 0 Å². The Hall–Kier alpha value is -2.10. The van der Waals surface area contributed by atoms with E-state index in [-0.39, 0.29) is 5.56 Å². The highest BCUT2D eigenvalue weighted by Crippen LogP contribution is 2.14.